The number of hydrogen-bond acceptors (Lipinski definition) is 2. The lowest BCUT2D eigenvalue weighted by Gasteiger charge is -1.98. The first kappa shape index (κ1) is 22.4. The molecular formula is C21H40O2. The zero-order chi connectivity index (χ0) is 16.8. The third-order valence-electron chi connectivity index (χ3n) is 4.16. The van der Waals surface area contributed by atoms with Gasteiger partial charge in [-0.2, -0.15) is 0 Å². The van der Waals surface area contributed by atoms with E-state index in [0.29, 0.717) is 13.2 Å². The monoisotopic (exact) mass is 324 g/mol. The first-order chi connectivity index (χ1) is 11.4. The maximum atomic E-state index is 8.69. The molecule has 0 aromatic heterocycles. The Morgan fingerprint density at radius 3 is 1.13 bits per heavy atom. The second-order valence-electron chi connectivity index (χ2n) is 6.45. The van der Waals surface area contributed by atoms with Crippen LogP contribution in [0.4, 0.5) is 0 Å². The summed E-state index contributed by atoms with van der Waals surface area (Å²) >= 11 is 0. The van der Waals surface area contributed by atoms with E-state index in [-0.39, 0.29) is 0 Å². The number of allylic oxidation sites excluding steroid dienone is 4. The lowest BCUT2D eigenvalue weighted by atomic mass is 10.1. The molecule has 0 heterocycles. The van der Waals surface area contributed by atoms with Crippen LogP contribution >= 0.6 is 0 Å². The van der Waals surface area contributed by atoms with Gasteiger partial charge in [-0.1, -0.05) is 75.7 Å². The van der Waals surface area contributed by atoms with Crippen LogP contribution in [0.25, 0.3) is 0 Å². The molecule has 0 bridgehead atoms. The van der Waals surface area contributed by atoms with Crippen molar-refractivity contribution in [2.45, 2.75) is 96.3 Å². The summed E-state index contributed by atoms with van der Waals surface area (Å²) in [5, 5.41) is 17.4. The Balaban J connectivity index is 3.14. The van der Waals surface area contributed by atoms with Crippen molar-refractivity contribution in [2.75, 3.05) is 13.2 Å². The number of aliphatic hydroxyl groups is 2. The van der Waals surface area contributed by atoms with E-state index in [9.17, 15) is 0 Å². The van der Waals surface area contributed by atoms with E-state index in [1.807, 2.05) is 0 Å². The normalized spacial score (nSPS) is 11.9. The minimum Gasteiger partial charge on any atom is -0.396 e. The Morgan fingerprint density at radius 2 is 0.739 bits per heavy atom. The van der Waals surface area contributed by atoms with Gasteiger partial charge in [0.25, 0.3) is 0 Å². The zero-order valence-corrected chi connectivity index (χ0v) is 15.2. The summed E-state index contributed by atoms with van der Waals surface area (Å²) in [7, 11) is 0. The summed E-state index contributed by atoms with van der Waals surface area (Å²) in [6.07, 6.45) is 27.4. The van der Waals surface area contributed by atoms with Gasteiger partial charge >= 0.3 is 0 Å². The van der Waals surface area contributed by atoms with Crippen LogP contribution in [0.2, 0.25) is 0 Å². The Morgan fingerprint density at radius 1 is 0.391 bits per heavy atom. The summed E-state index contributed by atoms with van der Waals surface area (Å²) in [6, 6.07) is 0. The van der Waals surface area contributed by atoms with E-state index < -0.39 is 0 Å². The van der Waals surface area contributed by atoms with Gasteiger partial charge in [-0.05, 0) is 44.9 Å². The van der Waals surface area contributed by atoms with E-state index in [4.69, 9.17) is 10.2 Å². The molecule has 0 radical (unpaired) electrons. The highest BCUT2D eigenvalue weighted by Crippen LogP contribution is 2.08. The summed E-state index contributed by atoms with van der Waals surface area (Å²) in [5.41, 5.74) is 0. The first-order valence-corrected chi connectivity index (χ1v) is 9.93. The third kappa shape index (κ3) is 21.4. The number of unbranched alkanes of at least 4 members (excludes halogenated alkanes) is 12. The predicted molar refractivity (Wildman–Crippen MR) is 102 cm³/mol. The summed E-state index contributed by atoms with van der Waals surface area (Å²) < 4.78 is 0. The molecule has 0 unspecified atom stereocenters. The fourth-order valence-corrected chi connectivity index (χ4v) is 2.67. The van der Waals surface area contributed by atoms with Crippen molar-refractivity contribution in [1.29, 1.82) is 0 Å². The lowest BCUT2D eigenvalue weighted by Crippen LogP contribution is -1.83. The molecule has 0 saturated carbocycles. The van der Waals surface area contributed by atoms with E-state index in [1.165, 1.54) is 77.0 Å². The third-order valence-corrected chi connectivity index (χ3v) is 4.16. The van der Waals surface area contributed by atoms with Crippen LogP contribution in [-0.4, -0.2) is 23.4 Å². The molecule has 0 amide bonds. The lowest BCUT2D eigenvalue weighted by molar-refractivity contribution is 0.282. The molecule has 136 valence electrons. The fourth-order valence-electron chi connectivity index (χ4n) is 2.67. The Hall–Kier alpha value is -0.600. The van der Waals surface area contributed by atoms with E-state index in [1.54, 1.807) is 0 Å². The Bertz CT molecular complexity index is 233. The van der Waals surface area contributed by atoms with Crippen molar-refractivity contribution < 1.29 is 10.2 Å². The van der Waals surface area contributed by atoms with Crippen molar-refractivity contribution >= 4 is 0 Å². The van der Waals surface area contributed by atoms with Crippen molar-refractivity contribution in [1.82, 2.24) is 0 Å². The molecule has 0 fully saturated rings. The maximum Gasteiger partial charge on any atom is 0.0431 e. The smallest absolute Gasteiger partial charge is 0.0431 e. The van der Waals surface area contributed by atoms with Crippen molar-refractivity contribution in [2.24, 2.45) is 0 Å². The molecular weight excluding hydrogens is 284 g/mol. The van der Waals surface area contributed by atoms with Crippen molar-refractivity contribution in [3.63, 3.8) is 0 Å². The molecule has 2 nitrogen and oxygen atoms in total. The van der Waals surface area contributed by atoms with Crippen LogP contribution < -0.4 is 0 Å². The quantitative estimate of drug-likeness (QED) is 0.242. The van der Waals surface area contributed by atoms with Gasteiger partial charge in [0.1, 0.15) is 0 Å². The Kier molecular flexibility index (Phi) is 20.8. The van der Waals surface area contributed by atoms with Crippen LogP contribution in [0.3, 0.4) is 0 Å². The summed E-state index contributed by atoms with van der Waals surface area (Å²) in [5.74, 6) is 0. The topological polar surface area (TPSA) is 40.5 Å². The second kappa shape index (κ2) is 21.4. The molecule has 2 N–H and O–H groups in total. The second-order valence-corrected chi connectivity index (χ2v) is 6.45. The van der Waals surface area contributed by atoms with E-state index >= 15 is 0 Å². The Labute approximate surface area is 144 Å². The van der Waals surface area contributed by atoms with Crippen LogP contribution in [-0.2, 0) is 0 Å². The minimum atomic E-state index is 0.348. The molecule has 0 spiro atoms. The fraction of sp³-hybridized carbons (Fsp3) is 0.810. The van der Waals surface area contributed by atoms with Crippen LogP contribution in [0.15, 0.2) is 24.3 Å². The average Bonchev–Trinajstić information content (AvgIpc) is 2.57. The SMILES string of the molecule is OCCCCCCCC/C=C/C/C=C/CCCCCCCCO. The summed E-state index contributed by atoms with van der Waals surface area (Å²) in [4.78, 5) is 0. The maximum absolute atomic E-state index is 8.69. The van der Waals surface area contributed by atoms with Gasteiger partial charge in [-0.3, -0.25) is 0 Å². The number of hydrogen-bond donors (Lipinski definition) is 2. The molecule has 2 heteroatoms. The average molecular weight is 325 g/mol. The van der Waals surface area contributed by atoms with Crippen LogP contribution in [0.1, 0.15) is 96.3 Å². The van der Waals surface area contributed by atoms with Gasteiger partial charge in [0.15, 0.2) is 0 Å². The van der Waals surface area contributed by atoms with Gasteiger partial charge in [0.05, 0.1) is 0 Å². The van der Waals surface area contributed by atoms with E-state index in [2.05, 4.69) is 24.3 Å². The largest absolute Gasteiger partial charge is 0.396 e. The zero-order valence-electron chi connectivity index (χ0n) is 15.2. The molecule has 0 atom stereocenters. The van der Waals surface area contributed by atoms with Crippen LogP contribution in [0.5, 0.6) is 0 Å². The van der Waals surface area contributed by atoms with Gasteiger partial charge in [0.2, 0.25) is 0 Å². The minimum absolute atomic E-state index is 0.348. The van der Waals surface area contributed by atoms with Crippen molar-refractivity contribution in [3.8, 4) is 0 Å². The number of rotatable bonds is 18. The van der Waals surface area contributed by atoms with Crippen molar-refractivity contribution in [3.05, 3.63) is 24.3 Å². The molecule has 0 aliphatic rings. The van der Waals surface area contributed by atoms with Gasteiger partial charge in [0, 0.05) is 13.2 Å². The molecule has 0 aromatic carbocycles. The molecule has 0 aliphatic heterocycles. The van der Waals surface area contributed by atoms with Crippen LogP contribution in [0, 0.1) is 0 Å². The summed E-state index contributed by atoms with van der Waals surface area (Å²) in [6.45, 7) is 0.696. The van der Waals surface area contributed by atoms with Gasteiger partial charge in [-0.25, -0.2) is 0 Å². The molecule has 23 heavy (non-hydrogen) atoms. The van der Waals surface area contributed by atoms with E-state index in [0.717, 1.165) is 19.3 Å². The highest BCUT2D eigenvalue weighted by atomic mass is 16.3. The standard InChI is InChI=1S/C21H40O2/c22-20-18-16-14-12-10-8-6-4-2-1-3-5-7-9-11-13-15-17-19-21-23/h2-5,22-23H,1,6-21H2/b4-2+,5-3+. The molecule has 0 rings (SSSR count). The molecule has 0 aromatic rings. The molecule has 0 aliphatic carbocycles. The van der Waals surface area contributed by atoms with Gasteiger partial charge < -0.3 is 10.2 Å². The highest BCUT2D eigenvalue weighted by molar-refractivity contribution is 4.92. The molecule has 0 saturated heterocycles. The predicted octanol–water partition coefficient (Wildman–Crippen LogP) is 5.93. The van der Waals surface area contributed by atoms with Gasteiger partial charge in [-0.15, -0.1) is 0 Å². The highest BCUT2D eigenvalue weighted by Gasteiger charge is 1.90. The number of aliphatic hydroxyl groups excluding tert-OH is 2. The first-order valence-electron chi connectivity index (χ1n) is 9.93.